The van der Waals surface area contributed by atoms with Gasteiger partial charge in [-0.05, 0) is 45.6 Å². The third kappa shape index (κ3) is 5.86. The van der Waals surface area contributed by atoms with Crippen LogP contribution in [0.25, 0.3) is 0 Å². The van der Waals surface area contributed by atoms with E-state index in [1.807, 2.05) is 38.7 Å². The van der Waals surface area contributed by atoms with E-state index >= 15 is 0 Å². The Morgan fingerprint density at radius 1 is 1.43 bits per heavy atom. The molecule has 1 aliphatic carbocycles. The Kier molecular flexibility index (Phi) is 6.04. The summed E-state index contributed by atoms with van der Waals surface area (Å²) in [5.41, 5.74) is 0.791. The van der Waals surface area contributed by atoms with Crippen molar-refractivity contribution in [2.75, 3.05) is 13.1 Å². The van der Waals surface area contributed by atoms with Gasteiger partial charge in [0.05, 0.1) is 0 Å². The van der Waals surface area contributed by atoms with E-state index in [9.17, 15) is 4.79 Å². The predicted octanol–water partition coefficient (Wildman–Crippen LogP) is 2.25. The molecule has 1 amide bonds. The number of nitrogens with one attached hydrogen (secondary N) is 2. The van der Waals surface area contributed by atoms with Crippen LogP contribution in [0.15, 0.2) is 12.3 Å². The molecule has 2 N–H and O–H groups in total. The molecule has 23 heavy (non-hydrogen) atoms. The van der Waals surface area contributed by atoms with Gasteiger partial charge < -0.3 is 15.4 Å². The molecule has 1 saturated carbocycles. The van der Waals surface area contributed by atoms with E-state index in [4.69, 9.17) is 4.74 Å². The smallest absolute Gasteiger partial charge is 0.407 e. The summed E-state index contributed by atoms with van der Waals surface area (Å²) >= 11 is 0. The van der Waals surface area contributed by atoms with Crippen molar-refractivity contribution < 1.29 is 9.53 Å². The Labute approximate surface area is 139 Å². The molecule has 0 aliphatic heterocycles. The molecule has 6 nitrogen and oxygen atoms in total. The Morgan fingerprint density at radius 3 is 2.87 bits per heavy atom. The number of aryl methyl sites for hydroxylation is 1. The van der Waals surface area contributed by atoms with Crippen LogP contribution in [0.1, 0.15) is 45.7 Å². The lowest BCUT2D eigenvalue weighted by Gasteiger charge is -2.23. The number of amides is 1. The van der Waals surface area contributed by atoms with Gasteiger partial charge in [-0.1, -0.05) is 6.42 Å². The van der Waals surface area contributed by atoms with Gasteiger partial charge in [0.2, 0.25) is 0 Å². The molecule has 0 aromatic carbocycles. The zero-order valence-electron chi connectivity index (χ0n) is 14.8. The minimum absolute atomic E-state index is 0.321. The molecule has 6 heteroatoms. The van der Waals surface area contributed by atoms with Gasteiger partial charge in [0, 0.05) is 44.5 Å². The fourth-order valence-corrected chi connectivity index (χ4v) is 3.11. The lowest BCUT2D eigenvalue weighted by Crippen LogP contribution is -2.41. The zero-order valence-corrected chi connectivity index (χ0v) is 14.8. The third-order valence-electron chi connectivity index (χ3n) is 4.28. The number of hydrogen-bond acceptors (Lipinski definition) is 4. The first-order chi connectivity index (χ1) is 10.8. The molecule has 0 radical (unpaired) electrons. The van der Waals surface area contributed by atoms with Crippen molar-refractivity contribution in [1.82, 2.24) is 20.4 Å². The largest absolute Gasteiger partial charge is 0.444 e. The van der Waals surface area contributed by atoms with E-state index in [1.165, 1.54) is 18.5 Å². The molecule has 130 valence electrons. The van der Waals surface area contributed by atoms with Crippen LogP contribution < -0.4 is 10.6 Å². The number of carbonyl (C=O) groups excluding carboxylic acids is 1. The second kappa shape index (κ2) is 7.81. The quantitative estimate of drug-likeness (QED) is 0.843. The topological polar surface area (TPSA) is 68.2 Å². The lowest BCUT2D eigenvalue weighted by atomic mass is 10.0. The van der Waals surface area contributed by atoms with Gasteiger partial charge in [-0.2, -0.15) is 5.10 Å². The highest BCUT2D eigenvalue weighted by molar-refractivity contribution is 5.67. The maximum absolute atomic E-state index is 11.8. The molecule has 1 aromatic rings. The van der Waals surface area contributed by atoms with Gasteiger partial charge in [0.1, 0.15) is 5.60 Å². The van der Waals surface area contributed by atoms with Crippen molar-refractivity contribution in [3.8, 4) is 0 Å². The predicted molar refractivity (Wildman–Crippen MR) is 90.3 cm³/mol. The zero-order chi connectivity index (χ0) is 16.9. The monoisotopic (exact) mass is 322 g/mol. The molecule has 1 heterocycles. The van der Waals surface area contributed by atoms with E-state index < -0.39 is 5.60 Å². The van der Waals surface area contributed by atoms with Crippen molar-refractivity contribution in [3.05, 3.63) is 18.0 Å². The van der Waals surface area contributed by atoms with Gasteiger partial charge in [-0.3, -0.25) is 4.68 Å². The van der Waals surface area contributed by atoms with E-state index in [2.05, 4.69) is 21.8 Å². The number of nitrogens with zero attached hydrogens (tertiary/aromatic N) is 2. The van der Waals surface area contributed by atoms with Crippen LogP contribution in [0.4, 0.5) is 4.79 Å². The van der Waals surface area contributed by atoms with Crippen molar-refractivity contribution in [3.63, 3.8) is 0 Å². The number of rotatable bonds is 6. The Bertz CT molecular complexity index is 507. The molecule has 2 atom stereocenters. The molecule has 0 bridgehead atoms. The maximum Gasteiger partial charge on any atom is 0.407 e. The van der Waals surface area contributed by atoms with Crippen molar-refractivity contribution in [2.24, 2.45) is 13.0 Å². The molecule has 1 aliphatic rings. The van der Waals surface area contributed by atoms with E-state index in [1.54, 1.807) is 0 Å². The molecular weight excluding hydrogens is 292 g/mol. The highest BCUT2D eigenvalue weighted by atomic mass is 16.6. The molecule has 2 unspecified atom stereocenters. The summed E-state index contributed by atoms with van der Waals surface area (Å²) in [4.78, 5) is 11.8. The van der Waals surface area contributed by atoms with Crippen molar-refractivity contribution >= 4 is 6.09 Å². The van der Waals surface area contributed by atoms with Crippen LogP contribution in [0.5, 0.6) is 0 Å². The summed E-state index contributed by atoms with van der Waals surface area (Å²) < 4.78 is 7.21. The van der Waals surface area contributed by atoms with Gasteiger partial charge in [-0.25, -0.2) is 4.79 Å². The average molecular weight is 322 g/mol. The summed E-state index contributed by atoms with van der Waals surface area (Å²) in [6.07, 6.45) is 6.02. The minimum Gasteiger partial charge on any atom is -0.444 e. The van der Waals surface area contributed by atoms with Crippen molar-refractivity contribution in [2.45, 2.75) is 58.1 Å². The number of carbonyl (C=O) groups is 1. The second-order valence-electron chi connectivity index (χ2n) is 7.33. The summed E-state index contributed by atoms with van der Waals surface area (Å²) in [6, 6.07) is 2.52. The van der Waals surface area contributed by atoms with E-state index in [0.717, 1.165) is 19.4 Å². The molecule has 0 spiro atoms. The van der Waals surface area contributed by atoms with Crippen molar-refractivity contribution in [1.29, 1.82) is 0 Å². The summed E-state index contributed by atoms with van der Waals surface area (Å²) in [5.74, 6) is 0.481. The first kappa shape index (κ1) is 17.8. The van der Waals surface area contributed by atoms with Gasteiger partial charge in [-0.15, -0.1) is 0 Å². The molecule has 1 aromatic heterocycles. The summed E-state index contributed by atoms with van der Waals surface area (Å²) in [5, 5.41) is 10.7. The molecular formula is C17H30N4O2. The normalized spacial score (nSPS) is 21.4. The lowest BCUT2D eigenvalue weighted by molar-refractivity contribution is 0.0517. The Balaban J connectivity index is 1.70. The molecule has 2 rings (SSSR count). The SMILES string of the molecule is Cn1nccc1CCNC1CCCC1CNC(=O)OC(C)(C)C. The minimum atomic E-state index is -0.444. The molecule has 0 saturated heterocycles. The van der Waals surface area contributed by atoms with E-state index in [-0.39, 0.29) is 6.09 Å². The number of aromatic nitrogens is 2. The highest BCUT2D eigenvalue weighted by Gasteiger charge is 2.27. The second-order valence-corrected chi connectivity index (χ2v) is 7.33. The fraction of sp³-hybridized carbons (Fsp3) is 0.765. The summed E-state index contributed by atoms with van der Waals surface area (Å²) in [6.45, 7) is 7.26. The van der Waals surface area contributed by atoms with Crippen LogP contribution in [-0.4, -0.2) is 40.6 Å². The number of alkyl carbamates (subject to hydrolysis) is 1. The summed E-state index contributed by atoms with van der Waals surface area (Å²) in [7, 11) is 1.97. The first-order valence-corrected chi connectivity index (χ1v) is 8.52. The average Bonchev–Trinajstić information content (AvgIpc) is 3.04. The number of hydrogen-bond donors (Lipinski definition) is 2. The van der Waals surface area contributed by atoms with Crippen LogP contribution >= 0.6 is 0 Å². The highest BCUT2D eigenvalue weighted by Crippen LogP contribution is 2.25. The van der Waals surface area contributed by atoms with Crippen LogP contribution in [-0.2, 0) is 18.2 Å². The van der Waals surface area contributed by atoms with Crippen LogP contribution in [0.3, 0.4) is 0 Å². The molecule has 1 fully saturated rings. The van der Waals surface area contributed by atoms with Gasteiger partial charge in [0.25, 0.3) is 0 Å². The first-order valence-electron chi connectivity index (χ1n) is 8.52. The van der Waals surface area contributed by atoms with Crippen LogP contribution in [0, 0.1) is 5.92 Å². The number of ether oxygens (including phenoxy) is 1. The standard InChI is InChI=1S/C17H30N4O2/c1-17(2,3)23-16(22)19-12-13-6-5-7-15(13)18-10-8-14-9-11-20-21(14)4/h9,11,13,15,18H,5-8,10,12H2,1-4H3,(H,19,22). The Morgan fingerprint density at radius 2 is 2.22 bits per heavy atom. The van der Waals surface area contributed by atoms with Crippen LogP contribution in [0.2, 0.25) is 0 Å². The van der Waals surface area contributed by atoms with Gasteiger partial charge >= 0.3 is 6.09 Å². The fourth-order valence-electron chi connectivity index (χ4n) is 3.11. The Hall–Kier alpha value is -1.56. The third-order valence-corrected chi connectivity index (χ3v) is 4.28. The maximum atomic E-state index is 11.8. The van der Waals surface area contributed by atoms with Gasteiger partial charge in [0.15, 0.2) is 0 Å². The van der Waals surface area contributed by atoms with E-state index in [0.29, 0.717) is 18.5 Å².